The van der Waals surface area contributed by atoms with Crippen molar-refractivity contribution in [2.45, 2.75) is 30.7 Å². The van der Waals surface area contributed by atoms with Crippen LogP contribution >= 0.6 is 11.8 Å². The van der Waals surface area contributed by atoms with Crippen molar-refractivity contribution in [2.24, 2.45) is 0 Å². The Morgan fingerprint density at radius 1 is 0.857 bits per heavy atom. The van der Waals surface area contributed by atoms with E-state index in [-0.39, 0.29) is 0 Å². The van der Waals surface area contributed by atoms with E-state index in [4.69, 9.17) is 0 Å². The number of thioether (sulfide) groups is 1. The van der Waals surface area contributed by atoms with Crippen molar-refractivity contribution < 1.29 is 0 Å². The Morgan fingerprint density at radius 3 is 2.57 bits per heavy atom. The summed E-state index contributed by atoms with van der Waals surface area (Å²) >= 11 is 1.88. The van der Waals surface area contributed by atoms with Gasteiger partial charge in [-0.15, -0.1) is 11.8 Å². The van der Waals surface area contributed by atoms with Crippen LogP contribution < -0.4 is 4.90 Å². The van der Waals surface area contributed by atoms with Gasteiger partial charge in [-0.3, -0.25) is 9.88 Å². The van der Waals surface area contributed by atoms with Crippen molar-refractivity contribution >= 4 is 23.3 Å². The molecule has 4 nitrogen and oxygen atoms in total. The number of hydrogen-bond donors (Lipinski definition) is 0. The predicted octanol–water partition coefficient (Wildman–Crippen LogP) is 5.33. The minimum atomic E-state index is 0.912. The summed E-state index contributed by atoms with van der Waals surface area (Å²) in [5.74, 6) is 1.97. The molecule has 4 heterocycles. The topological polar surface area (TPSA) is 32.3 Å². The normalized spacial score (nSPS) is 16.9. The average Bonchev–Trinajstić information content (AvgIpc) is 3.19. The zero-order chi connectivity index (χ0) is 18.8. The first kappa shape index (κ1) is 17.7. The molecule has 0 spiro atoms. The van der Waals surface area contributed by atoms with Crippen molar-refractivity contribution in [2.75, 3.05) is 23.9 Å². The van der Waals surface area contributed by atoms with Crippen LogP contribution in [0.3, 0.4) is 0 Å². The van der Waals surface area contributed by atoms with E-state index in [0.29, 0.717) is 0 Å². The van der Waals surface area contributed by atoms with Crippen molar-refractivity contribution in [1.82, 2.24) is 14.9 Å². The standard InChI is InChI=1S/C23H24N4S/c1-2-12-26(13-3-1)16-18-6-11-25-23(14-18)27-17-28-22-15-20(4-5-21(22)27)19-7-9-24-10-8-19/h4-11,14-15H,1-3,12-13,16-17H2. The molecule has 5 rings (SSSR count). The number of piperidine rings is 1. The van der Waals surface area contributed by atoms with E-state index in [1.807, 2.05) is 30.4 Å². The van der Waals surface area contributed by atoms with Gasteiger partial charge < -0.3 is 4.90 Å². The highest BCUT2D eigenvalue weighted by Gasteiger charge is 2.23. The quantitative estimate of drug-likeness (QED) is 0.603. The summed E-state index contributed by atoms with van der Waals surface area (Å²) in [6.07, 6.45) is 9.69. The number of anilines is 2. The Bertz CT molecular complexity index is 954. The molecular formula is C23H24N4S. The molecule has 1 saturated heterocycles. The molecule has 0 bridgehead atoms. The van der Waals surface area contributed by atoms with Gasteiger partial charge in [0.2, 0.25) is 0 Å². The van der Waals surface area contributed by atoms with Crippen LogP contribution in [-0.2, 0) is 6.54 Å². The van der Waals surface area contributed by atoms with Crippen molar-refractivity contribution in [3.63, 3.8) is 0 Å². The molecule has 3 aromatic rings. The molecule has 0 N–H and O–H groups in total. The maximum Gasteiger partial charge on any atom is 0.134 e. The van der Waals surface area contributed by atoms with Crippen LogP contribution in [0.1, 0.15) is 24.8 Å². The molecular weight excluding hydrogens is 364 g/mol. The van der Waals surface area contributed by atoms with Gasteiger partial charge in [-0.25, -0.2) is 4.98 Å². The molecule has 0 radical (unpaired) electrons. The van der Waals surface area contributed by atoms with Crippen LogP contribution in [0.4, 0.5) is 11.5 Å². The summed E-state index contributed by atoms with van der Waals surface area (Å²) in [7, 11) is 0. The van der Waals surface area contributed by atoms with Crippen LogP contribution in [0.25, 0.3) is 11.1 Å². The van der Waals surface area contributed by atoms with Gasteiger partial charge in [0.1, 0.15) is 5.82 Å². The molecule has 5 heteroatoms. The van der Waals surface area contributed by atoms with Crippen molar-refractivity contribution in [3.05, 3.63) is 66.6 Å². The van der Waals surface area contributed by atoms with Gasteiger partial charge in [-0.2, -0.15) is 0 Å². The number of pyridine rings is 2. The third kappa shape index (κ3) is 3.64. The summed E-state index contributed by atoms with van der Waals surface area (Å²) in [4.78, 5) is 15.0. The van der Waals surface area contributed by atoms with Gasteiger partial charge in [0.05, 0.1) is 11.6 Å². The summed E-state index contributed by atoms with van der Waals surface area (Å²) in [6, 6.07) is 15.3. The smallest absolute Gasteiger partial charge is 0.134 e. The van der Waals surface area contributed by atoms with Crippen LogP contribution in [-0.4, -0.2) is 33.8 Å². The van der Waals surface area contributed by atoms with E-state index in [2.05, 4.69) is 62.2 Å². The summed E-state index contributed by atoms with van der Waals surface area (Å²) < 4.78 is 0. The van der Waals surface area contributed by atoms with Gasteiger partial charge in [-0.1, -0.05) is 12.5 Å². The number of benzene rings is 1. The Balaban J connectivity index is 1.38. The summed E-state index contributed by atoms with van der Waals surface area (Å²) in [5.41, 5.74) is 5.06. The first-order valence-corrected chi connectivity index (χ1v) is 11.0. The van der Waals surface area contributed by atoms with Gasteiger partial charge >= 0.3 is 0 Å². The summed E-state index contributed by atoms with van der Waals surface area (Å²) in [6.45, 7) is 3.47. The SMILES string of the molecule is c1cc(-c2ccc3c(c2)SCN3c2cc(CN3CCCCC3)ccn2)ccn1. The maximum absolute atomic E-state index is 4.68. The van der Waals surface area contributed by atoms with E-state index in [9.17, 15) is 0 Å². The second kappa shape index (κ2) is 7.94. The van der Waals surface area contributed by atoms with Crippen molar-refractivity contribution in [3.8, 4) is 11.1 Å². The second-order valence-electron chi connectivity index (χ2n) is 7.48. The Kier molecular flexibility index (Phi) is 5.02. The lowest BCUT2D eigenvalue weighted by Crippen LogP contribution is -2.29. The van der Waals surface area contributed by atoms with Crippen LogP contribution in [0, 0.1) is 0 Å². The monoisotopic (exact) mass is 388 g/mol. The fraction of sp³-hybridized carbons (Fsp3) is 0.304. The van der Waals surface area contributed by atoms with Gasteiger partial charge in [0, 0.05) is 30.0 Å². The van der Waals surface area contributed by atoms with Gasteiger partial charge in [0.25, 0.3) is 0 Å². The van der Waals surface area contributed by atoms with Crippen molar-refractivity contribution in [1.29, 1.82) is 0 Å². The largest absolute Gasteiger partial charge is 0.315 e. The van der Waals surface area contributed by atoms with Crippen LogP contribution in [0.5, 0.6) is 0 Å². The number of nitrogens with zero attached hydrogens (tertiary/aromatic N) is 4. The minimum Gasteiger partial charge on any atom is -0.315 e. The number of aromatic nitrogens is 2. The molecule has 1 fully saturated rings. The van der Waals surface area contributed by atoms with E-state index >= 15 is 0 Å². The molecule has 0 atom stereocenters. The third-order valence-corrected chi connectivity index (χ3v) is 6.58. The highest BCUT2D eigenvalue weighted by Crippen LogP contribution is 2.44. The minimum absolute atomic E-state index is 0.912. The summed E-state index contributed by atoms with van der Waals surface area (Å²) in [5, 5.41) is 0. The molecule has 142 valence electrons. The number of likely N-dealkylation sites (tertiary alicyclic amines) is 1. The number of hydrogen-bond acceptors (Lipinski definition) is 5. The fourth-order valence-electron chi connectivity index (χ4n) is 4.05. The molecule has 0 saturated carbocycles. The molecule has 2 aliphatic heterocycles. The predicted molar refractivity (Wildman–Crippen MR) is 116 cm³/mol. The lowest BCUT2D eigenvalue weighted by molar-refractivity contribution is 0.221. The van der Waals surface area contributed by atoms with Gasteiger partial charge in [0.15, 0.2) is 0 Å². The first-order chi connectivity index (χ1) is 13.9. The third-order valence-electron chi connectivity index (χ3n) is 5.55. The lowest BCUT2D eigenvalue weighted by Gasteiger charge is -2.27. The molecule has 1 aromatic carbocycles. The highest BCUT2D eigenvalue weighted by atomic mass is 32.2. The Hall–Kier alpha value is -2.37. The Morgan fingerprint density at radius 2 is 1.71 bits per heavy atom. The molecule has 0 aliphatic carbocycles. The van der Waals surface area contributed by atoms with Crippen LogP contribution in [0.2, 0.25) is 0 Å². The maximum atomic E-state index is 4.68. The first-order valence-electron chi connectivity index (χ1n) is 9.99. The van der Waals surface area contributed by atoms with E-state index in [0.717, 1.165) is 18.2 Å². The Labute approximate surface area is 170 Å². The van der Waals surface area contributed by atoms with E-state index in [1.165, 1.54) is 59.6 Å². The zero-order valence-electron chi connectivity index (χ0n) is 15.9. The average molecular weight is 389 g/mol. The molecule has 2 aromatic heterocycles. The molecule has 2 aliphatic rings. The molecule has 0 amide bonds. The zero-order valence-corrected chi connectivity index (χ0v) is 16.7. The molecule has 28 heavy (non-hydrogen) atoms. The lowest BCUT2D eigenvalue weighted by atomic mass is 10.1. The number of rotatable bonds is 4. The highest BCUT2D eigenvalue weighted by molar-refractivity contribution is 7.99. The molecule has 0 unspecified atom stereocenters. The van der Waals surface area contributed by atoms with Crippen LogP contribution in [0.15, 0.2) is 66.0 Å². The second-order valence-corrected chi connectivity index (χ2v) is 8.47. The number of fused-ring (bicyclic) bond motifs is 1. The van der Waals surface area contributed by atoms with E-state index in [1.54, 1.807) is 0 Å². The van der Waals surface area contributed by atoms with Gasteiger partial charge in [-0.05, 0) is 79.0 Å². The fourth-order valence-corrected chi connectivity index (χ4v) is 5.13. The van der Waals surface area contributed by atoms with E-state index < -0.39 is 0 Å².